The number of hydrogen-bond donors (Lipinski definition) is 2. The third-order valence-electron chi connectivity index (χ3n) is 4.02. The van der Waals surface area contributed by atoms with Crippen molar-refractivity contribution in [3.05, 3.63) is 11.8 Å². The quantitative estimate of drug-likeness (QED) is 0.690. The number of rotatable bonds is 3. The molecule has 2 fully saturated rings. The highest BCUT2D eigenvalue weighted by Crippen LogP contribution is 2.27. The number of aliphatic imine (C=N–C) groups is 1. The van der Waals surface area contributed by atoms with E-state index in [0.29, 0.717) is 6.04 Å². The second-order valence-electron chi connectivity index (χ2n) is 5.52. The Labute approximate surface area is 114 Å². The van der Waals surface area contributed by atoms with Crippen LogP contribution >= 0.6 is 0 Å². The molecule has 4 atom stereocenters. The van der Waals surface area contributed by atoms with Gasteiger partial charge in [-0.05, 0) is 26.5 Å². The van der Waals surface area contributed by atoms with Gasteiger partial charge in [-0.2, -0.15) is 0 Å². The zero-order valence-corrected chi connectivity index (χ0v) is 11.8. The molecule has 2 N–H and O–H groups in total. The van der Waals surface area contributed by atoms with Gasteiger partial charge in [0.25, 0.3) is 0 Å². The summed E-state index contributed by atoms with van der Waals surface area (Å²) in [5, 5.41) is 6.51. The minimum absolute atomic E-state index is 0.0912. The van der Waals surface area contributed by atoms with E-state index in [4.69, 9.17) is 4.74 Å². The summed E-state index contributed by atoms with van der Waals surface area (Å²) in [7, 11) is 1.95. The van der Waals surface area contributed by atoms with Crippen LogP contribution in [0.25, 0.3) is 0 Å². The van der Waals surface area contributed by atoms with Gasteiger partial charge in [0.15, 0.2) is 18.7 Å². The lowest BCUT2D eigenvalue weighted by Gasteiger charge is -2.41. The maximum absolute atomic E-state index is 5.61. The number of nitrogens with one attached hydrogen (secondary N) is 2. The summed E-state index contributed by atoms with van der Waals surface area (Å²) >= 11 is 0. The van der Waals surface area contributed by atoms with Crippen molar-refractivity contribution in [3.8, 4) is 0 Å². The minimum Gasteiger partial charge on any atom is -0.357 e. The van der Waals surface area contributed by atoms with Crippen molar-refractivity contribution >= 4 is 6.21 Å². The van der Waals surface area contributed by atoms with Gasteiger partial charge in [0.2, 0.25) is 0 Å². The minimum atomic E-state index is 0.0912. The fourth-order valence-electron chi connectivity index (χ4n) is 2.84. The Kier molecular flexibility index (Phi) is 3.58. The largest absolute Gasteiger partial charge is 0.357 e. The second-order valence-corrected chi connectivity index (χ2v) is 5.52. The molecule has 0 radical (unpaired) electrons. The van der Waals surface area contributed by atoms with E-state index in [2.05, 4.69) is 39.3 Å². The molecule has 0 amide bonds. The fraction of sp³-hybridized carbons (Fsp3) is 0.769. The van der Waals surface area contributed by atoms with E-state index in [0.717, 1.165) is 19.6 Å². The summed E-state index contributed by atoms with van der Waals surface area (Å²) < 4.78 is 5.61. The van der Waals surface area contributed by atoms with Crippen LogP contribution < -0.4 is 10.6 Å². The summed E-state index contributed by atoms with van der Waals surface area (Å²) in [6.07, 6.45) is 4.54. The van der Waals surface area contributed by atoms with Crippen LogP contribution in [0.2, 0.25) is 0 Å². The summed E-state index contributed by atoms with van der Waals surface area (Å²) in [6.45, 7) is 7.37. The van der Waals surface area contributed by atoms with Crippen LogP contribution in [0, 0.1) is 0 Å². The zero-order chi connectivity index (χ0) is 13.4. The number of likely N-dealkylation sites (N-methyl/N-ethyl adjacent to an activating group) is 1. The Balaban J connectivity index is 1.54. The Morgan fingerprint density at radius 3 is 2.89 bits per heavy atom. The summed E-state index contributed by atoms with van der Waals surface area (Å²) in [5.74, 6) is 0. The van der Waals surface area contributed by atoms with Gasteiger partial charge in [-0.1, -0.05) is 0 Å². The first-order chi connectivity index (χ1) is 9.19. The molecule has 19 heavy (non-hydrogen) atoms. The highest BCUT2D eigenvalue weighted by molar-refractivity contribution is 5.78. The van der Waals surface area contributed by atoms with Gasteiger partial charge < -0.3 is 10.1 Å². The molecule has 2 unspecified atom stereocenters. The third kappa shape index (κ3) is 2.67. The van der Waals surface area contributed by atoms with E-state index >= 15 is 0 Å². The van der Waals surface area contributed by atoms with Gasteiger partial charge in [-0.15, -0.1) is 0 Å². The van der Waals surface area contributed by atoms with Crippen LogP contribution in [0.1, 0.15) is 13.8 Å². The lowest BCUT2D eigenvalue weighted by molar-refractivity contribution is 0.0236. The molecule has 0 aromatic heterocycles. The summed E-state index contributed by atoms with van der Waals surface area (Å²) in [6, 6.07) is 0.487. The van der Waals surface area contributed by atoms with Gasteiger partial charge in [0, 0.05) is 38.1 Å². The van der Waals surface area contributed by atoms with Crippen molar-refractivity contribution in [1.82, 2.24) is 20.4 Å². The highest BCUT2D eigenvalue weighted by atomic mass is 16.6. The maximum atomic E-state index is 5.61. The summed E-state index contributed by atoms with van der Waals surface area (Å²) in [5.41, 5.74) is 1.17. The first-order valence-electron chi connectivity index (χ1n) is 6.97. The molecule has 3 aliphatic rings. The lowest BCUT2D eigenvalue weighted by Crippen LogP contribution is -2.58. The van der Waals surface area contributed by atoms with E-state index in [1.165, 1.54) is 5.57 Å². The van der Waals surface area contributed by atoms with E-state index in [9.17, 15) is 0 Å². The smallest absolute Gasteiger partial charge is 0.175 e. The van der Waals surface area contributed by atoms with Crippen LogP contribution in [0.15, 0.2) is 16.8 Å². The van der Waals surface area contributed by atoms with Gasteiger partial charge in [-0.25, -0.2) is 0 Å². The van der Waals surface area contributed by atoms with E-state index in [-0.39, 0.29) is 18.7 Å². The molecule has 2 saturated heterocycles. The predicted octanol–water partition coefficient (Wildman–Crippen LogP) is -0.244. The number of hydrogen-bond acceptors (Lipinski definition) is 6. The number of ether oxygens (including phenoxy) is 1. The summed E-state index contributed by atoms with van der Waals surface area (Å²) in [4.78, 5) is 9.37. The normalized spacial score (nSPS) is 39.8. The van der Waals surface area contributed by atoms with Crippen LogP contribution in [-0.2, 0) is 4.74 Å². The fourth-order valence-corrected chi connectivity index (χ4v) is 2.84. The first-order valence-corrected chi connectivity index (χ1v) is 6.97. The van der Waals surface area contributed by atoms with Crippen LogP contribution in [0.4, 0.5) is 0 Å². The Hall–Kier alpha value is -0.950. The SMILES string of the molecule is CN[C@H]1O[C@@H]1N1CCN(C2N=CC(C)=CN2)CC1C. The standard InChI is InChI=1S/C13H23N5O/c1-9-6-15-13(16-7-9)17-4-5-18(10(2)8-17)12-11(14-3)19-12/h6-7,10-15H,4-5,8H2,1-3H3/t10?,11-,12-,13?/m0/s1. The lowest BCUT2D eigenvalue weighted by atomic mass is 10.2. The van der Waals surface area contributed by atoms with Gasteiger partial charge >= 0.3 is 0 Å². The molecule has 3 heterocycles. The van der Waals surface area contributed by atoms with Crippen LogP contribution in [0.5, 0.6) is 0 Å². The van der Waals surface area contributed by atoms with Gasteiger partial charge in [-0.3, -0.25) is 20.1 Å². The molecule has 0 aromatic carbocycles. The monoisotopic (exact) mass is 265 g/mol. The molecule has 0 aromatic rings. The van der Waals surface area contributed by atoms with Crippen LogP contribution in [-0.4, -0.2) is 67.5 Å². The third-order valence-corrected chi connectivity index (χ3v) is 4.02. The van der Waals surface area contributed by atoms with E-state index in [1.807, 2.05) is 19.5 Å². The molecule has 3 rings (SSSR count). The Morgan fingerprint density at radius 1 is 1.47 bits per heavy atom. The molecule has 3 aliphatic heterocycles. The number of piperazine rings is 1. The number of nitrogens with zero attached hydrogens (tertiary/aromatic N) is 3. The van der Waals surface area contributed by atoms with E-state index in [1.54, 1.807) is 0 Å². The van der Waals surface area contributed by atoms with Crippen LogP contribution in [0.3, 0.4) is 0 Å². The zero-order valence-electron chi connectivity index (χ0n) is 11.8. The van der Waals surface area contributed by atoms with Crippen molar-refractivity contribution in [2.24, 2.45) is 4.99 Å². The molecule has 0 bridgehead atoms. The first kappa shape index (κ1) is 13.1. The van der Waals surface area contributed by atoms with Crippen molar-refractivity contribution in [2.75, 3.05) is 26.7 Å². The average Bonchev–Trinajstić information content (AvgIpc) is 3.19. The number of allylic oxidation sites excluding steroid dienone is 1. The molecule has 0 spiro atoms. The second kappa shape index (κ2) is 5.20. The molecule has 0 aliphatic carbocycles. The Bertz CT molecular complexity index is 396. The topological polar surface area (TPSA) is 55.4 Å². The number of epoxide rings is 1. The Morgan fingerprint density at radius 2 is 2.32 bits per heavy atom. The molecule has 6 nitrogen and oxygen atoms in total. The maximum Gasteiger partial charge on any atom is 0.175 e. The highest BCUT2D eigenvalue weighted by Gasteiger charge is 2.46. The molecular formula is C13H23N5O. The molecule has 6 heteroatoms. The molecular weight excluding hydrogens is 242 g/mol. The van der Waals surface area contributed by atoms with Gasteiger partial charge in [0.1, 0.15) is 0 Å². The van der Waals surface area contributed by atoms with E-state index < -0.39 is 0 Å². The van der Waals surface area contributed by atoms with Crippen molar-refractivity contribution in [1.29, 1.82) is 0 Å². The van der Waals surface area contributed by atoms with Gasteiger partial charge in [0.05, 0.1) is 0 Å². The van der Waals surface area contributed by atoms with Crippen molar-refractivity contribution in [2.45, 2.75) is 38.6 Å². The molecule has 0 saturated carbocycles. The molecule has 106 valence electrons. The average molecular weight is 265 g/mol. The van der Waals surface area contributed by atoms with Crippen molar-refractivity contribution in [3.63, 3.8) is 0 Å². The predicted molar refractivity (Wildman–Crippen MR) is 74.6 cm³/mol. The van der Waals surface area contributed by atoms with Crippen molar-refractivity contribution < 1.29 is 4.74 Å².